The maximum absolute atomic E-state index is 10.8. The molecule has 0 spiro atoms. The highest BCUT2D eigenvalue weighted by molar-refractivity contribution is 5.67. The maximum Gasteiger partial charge on any atom is 0.304 e. The topological polar surface area (TPSA) is 50.1 Å². The number of rotatable bonds is 1. The van der Waals surface area contributed by atoms with E-state index in [0.717, 1.165) is 6.42 Å². The summed E-state index contributed by atoms with van der Waals surface area (Å²) in [6.07, 6.45) is 5.72. The van der Waals surface area contributed by atoms with E-state index in [1.165, 1.54) is 6.92 Å². The first kappa shape index (κ1) is 8.31. The van der Waals surface area contributed by atoms with E-state index < -0.39 is 5.60 Å². The second kappa shape index (κ2) is 2.59. The van der Waals surface area contributed by atoms with Crippen molar-refractivity contribution >= 4 is 5.97 Å². The molecule has 3 heteroatoms. The molecule has 0 saturated heterocycles. The van der Waals surface area contributed by atoms with Crippen molar-refractivity contribution in [2.75, 3.05) is 0 Å². The van der Waals surface area contributed by atoms with E-state index in [1.807, 2.05) is 0 Å². The van der Waals surface area contributed by atoms with Gasteiger partial charge in [0.15, 0.2) is 0 Å². The van der Waals surface area contributed by atoms with E-state index in [9.17, 15) is 4.79 Å². The summed E-state index contributed by atoms with van der Waals surface area (Å²) in [7, 11) is 0. The Morgan fingerprint density at radius 3 is 3.08 bits per heavy atom. The van der Waals surface area contributed by atoms with Crippen LogP contribution in [0.2, 0.25) is 0 Å². The lowest BCUT2D eigenvalue weighted by Crippen LogP contribution is -2.53. The summed E-state index contributed by atoms with van der Waals surface area (Å²) >= 11 is 0. The number of nitriles is 1. The fourth-order valence-electron chi connectivity index (χ4n) is 2.32. The summed E-state index contributed by atoms with van der Waals surface area (Å²) in [6, 6.07) is 2.13. The fraction of sp³-hybridized carbons (Fsp3) is 0.600. The zero-order chi connectivity index (χ0) is 9.47. The molecule has 2 rings (SSSR count). The van der Waals surface area contributed by atoms with E-state index in [2.05, 4.69) is 18.2 Å². The molecular formula is C10H11NO2. The number of fused-ring (bicyclic) bond motifs is 1. The molecular weight excluding hydrogens is 166 g/mol. The standard InChI is InChI=1S/C10H11NO2/c1-7(12)13-10(6-11)5-8-3-2-4-9(8)10/h2-3,8-9H,4-5H2,1H3/t8-,9-,10+/m0/s1. The van der Waals surface area contributed by atoms with Gasteiger partial charge in [-0.3, -0.25) is 4.79 Å². The van der Waals surface area contributed by atoms with Crippen LogP contribution in [0.5, 0.6) is 0 Å². The first-order valence-corrected chi connectivity index (χ1v) is 4.45. The maximum atomic E-state index is 10.8. The lowest BCUT2D eigenvalue weighted by Gasteiger charge is -2.45. The minimum absolute atomic E-state index is 0.210. The molecule has 2 aliphatic rings. The molecule has 0 N–H and O–H groups in total. The number of ether oxygens (including phenoxy) is 1. The molecule has 0 radical (unpaired) electrons. The van der Waals surface area contributed by atoms with Crippen molar-refractivity contribution < 1.29 is 9.53 Å². The van der Waals surface area contributed by atoms with Gasteiger partial charge in [0.25, 0.3) is 0 Å². The monoisotopic (exact) mass is 177 g/mol. The number of nitrogens with zero attached hydrogens (tertiary/aromatic N) is 1. The number of hydrogen-bond acceptors (Lipinski definition) is 3. The molecule has 3 atom stereocenters. The van der Waals surface area contributed by atoms with E-state index in [4.69, 9.17) is 10.00 Å². The highest BCUT2D eigenvalue weighted by Gasteiger charge is 2.57. The van der Waals surface area contributed by atoms with Crippen molar-refractivity contribution in [3.8, 4) is 6.07 Å². The van der Waals surface area contributed by atoms with Gasteiger partial charge in [-0.25, -0.2) is 0 Å². The van der Waals surface area contributed by atoms with Gasteiger partial charge in [-0.15, -0.1) is 0 Å². The van der Waals surface area contributed by atoms with Crippen LogP contribution in [-0.4, -0.2) is 11.6 Å². The van der Waals surface area contributed by atoms with Gasteiger partial charge in [0.05, 0.1) is 0 Å². The van der Waals surface area contributed by atoms with Crippen LogP contribution in [0.25, 0.3) is 0 Å². The van der Waals surface area contributed by atoms with Crippen LogP contribution < -0.4 is 0 Å². The lowest BCUT2D eigenvalue weighted by atomic mass is 9.63. The van der Waals surface area contributed by atoms with Gasteiger partial charge < -0.3 is 4.74 Å². The molecule has 0 amide bonds. The lowest BCUT2D eigenvalue weighted by molar-refractivity contribution is -0.171. The third-order valence-electron chi connectivity index (χ3n) is 2.94. The average Bonchev–Trinajstić information content (AvgIpc) is 2.43. The Labute approximate surface area is 77.0 Å². The Hall–Kier alpha value is -1.30. The van der Waals surface area contributed by atoms with E-state index >= 15 is 0 Å². The van der Waals surface area contributed by atoms with E-state index in [0.29, 0.717) is 12.3 Å². The van der Waals surface area contributed by atoms with Crippen LogP contribution in [0.4, 0.5) is 0 Å². The summed E-state index contributed by atoms with van der Waals surface area (Å²) in [5, 5.41) is 8.98. The van der Waals surface area contributed by atoms with Crippen molar-refractivity contribution in [2.24, 2.45) is 11.8 Å². The van der Waals surface area contributed by atoms with Gasteiger partial charge >= 0.3 is 5.97 Å². The first-order chi connectivity index (χ1) is 6.18. The molecule has 0 bridgehead atoms. The van der Waals surface area contributed by atoms with Crippen LogP contribution in [0, 0.1) is 23.2 Å². The predicted octanol–water partition coefficient (Wildman–Crippen LogP) is 1.41. The molecule has 0 aromatic heterocycles. The molecule has 13 heavy (non-hydrogen) atoms. The third-order valence-corrected chi connectivity index (χ3v) is 2.94. The smallest absolute Gasteiger partial charge is 0.304 e. The molecule has 0 aromatic carbocycles. The fourth-order valence-corrected chi connectivity index (χ4v) is 2.32. The zero-order valence-corrected chi connectivity index (χ0v) is 7.49. The highest BCUT2D eigenvalue weighted by Crippen LogP contribution is 2.52. The van der Waals surface area contributed by atoms with Gasteiger partial charge in [0, 0.05) is 19.3 Å². The summed E-state index contributed by atoms with van der Waals surface area (Å²) in [5.74, 6) is 0.312. The SMILES string of the molecule is CC(=O)O[C@@]1(C#N)C[C@@H]2C=CC[C@@H]21. The van der Waals surface area contributed by atoms with Gasteiger partial charge in [-0.05, 0) is 12.3 Å². The Kier molecular flexibility index (Phi) is 1.66. The first-order valence-electron chi connectivity index (χ1n) is 4.45. The van der Waals surface area contributed by atoms with E-state index in [-0.39, 0.29) is 11.9 Å². The minimum atomic E-state index is -0.819. The quantitative estimate of drug-likeness (QED) is 0.449. The number of carbonyl (C=O) groups excluding carboxylic acids is 1. The Balaban J connectivity index is 2.13. The molecule has 3 nitrogen and oxygen atoms in total. The molecule has 1 fully saturated rings. The second-order valence-corrected chi connectivity index (χ2v) is 3.73. The number of carbonyl (C=O) groups is 1. The largest absolute Gasteiger partial charge is 0.443 e. The van der Waals surface area contributed by atoms with Crippen LogP contribution in [-0.2, 0) is 9.53 Å². The number of allylic oxidation sites excluding steroid dienone is 2. The molecule has 1 saturated carbocycles. The average molecular weight is 177 g/mol. The van der Waals surface area contributed by atoms with Crippen LogP contribution in [0.3, 0.4) is 0 Å². The predicted molar refractivity (Wildman–Crippen MR) is 45.5 cm³/mol. The molecule has 0 aliphatic heterocycles. The van der Waals surface area contributed by atoms with Gasteiger partial charge in [0.2, 0.25) is 5.60 Å². The molecule has 0 heterocycles. The van der Waals surface area contributed by atoms with Crippen molar-refractivity contribution in [1.82, 2.24) is 0 Å². The van der Waals surface area contributed by atoms with Crippen molar-refractivity contribution in [3.05, 3.63) is 12.2 Å². The molecule has 68 valence electrons. The zero-order valence-electron chi connectivity index (χ0n) is 7.49. The summed E-state index contributed by atoms with van der Waals surface area (Å²) in [5.41, 5.74) is -0.819. The van der Waals surface area contributed by atoms with Crippen LogP contribution in [0.1, 0.15) is 19.8 Å². The highest BCUT2D eigenvalue weighted by atomic mass is 16.6. The Bertz CT molecular complexity index is 315. The normalized spacial score (nSPS) is 40.3. The number of hydrogen-bond donors (Lipinski definition) is 0. The van der Waals surface area contributed by atoms with Crippen LogP contribution >= 0.6 is 0 Å². The Morgan fingerprint density at radius 2 is 2.54 bits per heavy atom. The summed E-state index contributed by atoms with van der Waals surface area (Å²) < 4.78 is 5.10. The minimum Gasteiger partial charge on any atom is -0.443 e. The molecule has 2 aliphatic carbocycles. The van der Waals surface area contributed by atoms with Crippen molar-refractivity contribution in [3.63, 3.8) is 0 Å². The van der Waals surface area contributed by atoms with Gasteiger partial charge in [-0.2, -0.15) is 5.26 Å². The Morgan fingerprint density at radius 1 is 1.77 bits per heavy atom. The summed E-state index contributed by atoms with van der Waals surface area (Å²) in [6.45, 7) is 1.36. The van der Waals surface area contributed by atoms with Crippen LogP contribution in [0.15, 0.2) is 12.2 Å². The molecule has 0 unspecified atom stereocenters. The van der Waals surface area contributed by atoms with Crippen molar-refractivity contribution in [1.29, 1.82) is 5.26 Å². The molecule has 0 aromatic rings. The van der Waals surface area contributed by atoms with Crippen molar-refractivity contribution in [2.45, 2.75) is 25.4 Å². The van der Waals surface area contributed by atoms with Gasteiger partial charge in [0.1, 0.15) is 6.07 Å². The van der Waals surface area contributed by atoms with Gasteiger partial charge in [-0.1, -0.05) is 12.2 Å². The number of esters is 1. The van der Waals surface area contributed by atoms with E-state index in [1.54, 1.807) is 0 Å². The summed E-state index contributed by atoms with van der Waals surface area (Å²) in [4.78, 5) is 10.8. The second-order valence-electron chi connectivity index (χ2n) is 3.73. The third kappa shape index (κ3) is 1.06.